The summed E-state index contributed by atoms with van der Waals surface area (Å²) in [6, 6.07) is 3.75. The lowest BCUT2D eigenvalue weighted by atomic mass is 9.84. The summed E-state index contributed by atoms with van der Waals surface area (Å²) >= 11 is 0. The first-order valence-electron chi connectivity index (χ1n) is 8.44. The number of benzene rings is 1. The van der Waals surface area contributed by atoms with Gasteiger partial charge in [-0.15, -0.1) is 0 Å². The highest BCUT2D eigenvalue weighted by Crippen LogP contribution is 2.33. The van der Waals surface area contributed by atoms with Crippen molar-refractivity contribution in [2.24, 2.45) is 11.8 Å². The third-order valence-electron chi connectivity index (χ3n) is 5.35. The average Bonchev–Trinajstić information content (AvgIpc) is 2.98. The van der Waals surface area contributed by atoms with E-state index in [-0.39, 0.29) is 0 Å². The number of sulfonamides is 1. The molecule has 0 amide bonds. The molecule has 1 unspecified atom stereocenters. The number of likely N-dealkylation sites (tertiary alicyclic amines) is 1. The van der Waals surface area contributed by atoms with Gasteiger partial charge in [0.2, 0.25) is 10.0 Å². The molecule has 24 heavy (non-hydrogen) atoms. The molecular formula is C17H24F2N2O2S. The van der Waals surface area contributed by atoms with Crippen LogP contribution in [0.25, 0.3) is 0 Å². The van der Waals surface area contributed by atoms with Gasteiger partial charge in [0, 0.05) is 37.8 Å². The molecule has 3 rings (SSSR count). The molecule has 0 bridgehead atoms. The molecule has 2 saturated heterocycles. The van der Waals surface area contributed by atoms with Crippen LogP contribution >= 0.6 is 0 Å². The van der Waals surface area contributed by atoms with Gasteiger partial charge in [0.05, 0.1) is 6.26 Å². The first-order valence-corrected chi connectivity index (χ1v) is 10.3. The second-order valence-corrected chi connectivity index (χ2v) is 9.00. The van der Waals surface area contributed by atoms with E-state index in [9.17, 15) is 17.2 Å². The predicted molar refractivity (Wildman–Crippen MR) is 88.9 cm³/mol. The number of halogens is 2. The smallest absolute Gasteiger partial charge is 0.211 e. The van der Waals surface area contributed by atoms with Crippen molar-refractivity contribution in [1.82, 2.24) is 9.21 Å². The highest BCUT2D eigenvalue weighted by Gasteiger charge is 2.33. The summed E-state index contributed by atoms with van der Waals surface area (Å²) in [5, 5.41) is 0. The second-order valence-electron chi connectivity index (χ2n) is 7.02. The van der Waals surface area contributed by atoms with E-state index < -0.39 is 21.7 Å². The standard InChI is InChI=1S/C17H24F2N2O2S/c1-24(22,23)21-8-5-13(6-9-21)14-4-7-20(11-14)12-15-2-3-16(18)10-17(15)19/h2-3,10,13-14H,4-9,11-12H2,1H3. The van der Waals surface area contributed by atoms with E-state index in [2.05, 4.69) is 4.90 Å². The minimum absolute atomic E-state index is 0.486. The summed E-state index contributed by atoms with van der Waals surface area (Å²) < 4.78 is 51.5. The summed E-state index contributed by atoms with van der Waals surface area (Å²) in [5.74, 6) is 0.0365. The zero-order chi connectivity index (χ0) is 17.3. The van der Waals surface area contributed by atoms with Crippen LogP contribution in [0.3, 0.4) is 0 Å². The molecule has 1 aromatic carbocycles. The van der Waals surface area contributed by atoms with Gasteiger partial charge in [-0.1, -0.05) is 6.07 Å². The van der Waals surface area contributed by atoms with Crippen molar-refractivity contribution in [3.05, 3.63) is 35.4 Å². The zero-order valence-electron chi connectivity index (χ0n) is 13.9. The van der Waals surface area contributed by atoms with E-state index in [4.69, 9.17) is 0 Å². The summed E-state index contributed by atoms with van der Waals surface area (Å²) in [7, 11) is -3.08. The third kappa shape index (κ3) is 4.13. The monoisotopic (exact) mass is 358 g/mol. The SMILES string of the molecule is CS(=O)(=O)N1CCC(C2CCN(Cc3ccc(F)cc3F)C2)CC1. The van der Waals surface area contributed by atoms with Crippen LogP contribution in [-0.2, 0) is 16.6 Å². The van der Waals surface area contributed by atoms with Crippen LogP contribution in [0, 0.1) is 23.5 Å². The zero-order valence-corrected chi connectivity index (χ0v) is 14.7. The lowest BCUT2D eigenvalue weighted by Gasteiger charge is -2.33. The quantitative estimate of drug-likeness (QED) is 0.830. The molecule has 1 atom stereocenters. The maximum absolute atomic E-state index is 13.8. The highest BCUT2D eigenvalue weighted by molar-refractivity contribution is 7.88. The Bertz CT molecular complexity index is 688. The molecule has 0 N–H and O–H groups in total. The van der Waals surface area contributed by atoms with Crippen molar-refractivity contribution in [1.29, 1.82) is 0 Å². The van der Waals surface area contributed by atoms with Crippen molar-refractivity contribution < 1.29 is 17.2 Å². The fraction of sp³-hybridized carbons (Fsp3) is 0.647. The number of hydrogen-bond acceptors (Lipinski definition) is 3. The maximum atomic E-state index is 13.8. The van der Waals surface area contributed by atoms with Crippen molar-refractivity contribution in [2.75, 3.05) is 32.4 Å². The van der Waals surface area contributed by atoms with Gasteiger partial charge in [0.1, 0.15) is 11.6 Å². The lowest BCUT2D eigenvalue weighted by Crippen LogP contribution is -2.39. The Morgan fingerprint density at radius 3 is 2.38 bits per heavy atom. The summed E-state index contributed by atoms with van der Waals surface area (Å²) in [4.78, 5) is 2.21. The normalized spacial score (nSPS) is 24.5. The summed E-state index contributed by atoms with van der Waals surface area (Å²) in [6.07, 6.45) is 4.13. The molecule has 0 spiro atoms. The van der Waals surface area contributed by atoms with E-state index in [1.807, 2.05) is 0 Å². The first-order chi connectivity index (χ1) is 11.3. The van der Waals surface area contributed by atoms with Gasteiger partial charge in [-0.3, -0.25) is 4.90 Å². The molecule has 134 valence electrons. The van der Waals surface area contributed by atoms with Crippen LogP contribution in [-0.4, -0.2) is 50.1 Å². The minimum Gasteiger partial charge on any atom is -0.299 e. The second kappa shape index (κ2) is 7.06. The topological polar surface area (TPSA) is 40.6 Å². The largest absolute Gasteiger partial charge is 0.299 e. The van der Waals surface area contributed by atoms with E-state index in [1.54, 1.807) is 4.31 Å². The van der Waals surface area contributed by atoms with E-state index >= 15 is 0 Å². The average molecular weight is 358 g/mol. The van der Waals surface area contributed by atoms with Crippen LogP contribution in [0.5, 0.6) is 0 Å². The van der Waals surface area contributed by atoms with Gasteiger partial charge >= 0.3 is 0 Å². The Hall–Kier alpha value is -1.05. The summed E-state index contributed by atoms with van der Waals surface area (Å²) in [6.45, 7) is 3.53. The van der Waals surface area contributed by atoms with E-state index in [1.165, 1.54) is 18.4 Å². The van der Waals surface area contributed by atoms with Crippen molar-refractivity contribution >= 4 is 10.0 Å². The van der Waals surface area contributed by atoms with Crippen molar-refractivity contribution in [3.8, 4) is 0 Å². The molecule has 2 aliphatic heterocycles. The van der Waals surface area contributed by atoms with Crippen LogP contribution in [0.4, 0.5) is 8.78 Å². The van der Waals surface area contributed by atoms with Crippen molar-refractivity contribution in [2.45, 2.75) is 25.8 Å². The van der Waals surface area contributed by atoms with Gasteiger partial charge in [-0.05, 0) is 43.7 Å². The fourth-order valence-corrected chi connectivity index (χ4v) is 4.83. The molecule has 2 heterocycles. The van der Waals surface area contributed by atoms with Crippen LogP contribution in [0.1, 0.15) is 24.8 Å². The number of rotatable bonds is 4. The molecule has 4 nitrogen and oxygen atoms in total. The Labute approximate surface area is 142 Å². The van der Waals surface area contributed by atoms with Crippen LogP contribution in [0.15, 0.2) is 18.2 Å². The third-order valence-corrected chi connectivity index (χ3v) is 6.66. The molecule has 0 radical (unpaired) electrons. The number of nitrogens with zero attached hydrogens (tertiary/aromatic N) is 2. The highest BCUT2D eigenvalue weighted by atomic mass is 32.2. The Kier molecular flexibility index (Phi) is 5.22. The van der Waals surface area contributed by atoms with Crippen molar-refractivity contribution in [3.63, 3.8) is 0 Å². The summed E-state index contributed by atoms with van der Waals surface area (Å²) in [5.41, 5.74) is 0.531. The molecular weight excluding hydrogens is 334 g/mol. The van der Waals surface area contributed by atoms with Gasteiger partial charge < -0.3 is 0 Å². The van der Waals surface area contributed by atoms with E-state index in [0.717, 1.165) is 38.4 Å². The van der Waals surface area contributed by atoms with Gasteiger partial charge in [0.25, 0.3) is 0 Å². The molecule has 1 aromatic rings. The Morgan fingerprint density at radius 2 is 1.75 bits per heavy atom. The fourth-order valence-electron chi connectivity index (χ4n) is 3.96. The molecule has 0 saturated carbocycles. The van der Waals surface area contributed by atoms with Gasteiger partial charge in [-0.25, -0.2) is 21.5 Å². The molecule has 0 aliphatic carbocycles. The number of piperidine rings is 1. The molecule has 2 fully saturated rings. The van der Waals surface area contributed by atoms with Crippen LogP contribution < -0.4 is 0 Å². The first kappa shape index (κ1) is 17.8. The Morgan fingerprint density at radius 1 is 1.08 bits per heavy atom. The molecule has 7 heteroatoms. The molecule has 0 aromatic heterocycles. The minimum atomic E-state index is -3.08. The van der Waals surface area contributed by atoms with Gasteiger partial charge in [0.15, 0.2) is 0 Å². The predicted octanol–water partition coefficient (Wildman–Crippen LogP) is 2.46. The lowest BCUT2D eigenvalue weighted by molar-refractivity contribution is 0.201. The number of hydrogen-bond donors (Lipinski definition) is 0. The Balaban J connectivity index is 1.53. The molecule has 2 aliphatic rings. The van der Waals surface area contributed by atoms with Crippen LogP contribution in [0.2, 0.25) is 0 Å². The maximum Gasteiger partial charge on any atom is 0.211 e. The van der Waals surface area contributed by atoms with Gasteiger partial charge in [-0.2, -0.15) is 0 Å². The van der Waals surface area contributed by atoms with E-state index in [0.29, 0.717) is 37.0 Å².